The molecular formula is C65H104O6. The molecule has 0 fully saturated rings. The highest BCUT2D eigenvalue weighted by atomic mass is 16.6. The van der Waals surface area contributed by atoms with E-state index in [0.29, 0.717) is 25.7 Å². The van der Waals surface area contributed by atoms with Gasteiger partial charge in [0.05, 0.1) is 0 Å². The Morgan fingerprint density at radius 3 is 0.944 bits per heavy atom. The topological polar surface area (TPSA) is 78.9 Å². The second-order valence-electron chi connectivity index (χ2n) is 18.5. The molecule has 0 aliphatic rings. The fraction of sp³-hybridized carbons (Fsp3) is 0.615. The van der Waals surface area contributed by atoms with Crippen LogP contribution >= 0.6 is 0 Å². The molecule has 0 spiro atoms. The van der Waals surface area contributed by atoms with Gasteiger partial charge in [-0.2, -0.15) is 0 Å². The summed E-state index contributed by atoms with van der Waals surface area (Å²) in [7, 11) is 0. The van der Waals surface area contributed by atoms with E-state index in [1.54, 1.807) is 0 Å². The molecule has 400 valence electrons. The van der Waals surface area contributed by atoms with Gasteiger partial charge in [-0.3, -0.25) is 14.4 Å². The lowest BCUT2D eigenvalue weighted by Gasteiger charge is -2.18. The first kappa shape index (κ1) is 66.6. The molecule has 0 aromatic heterocycles. The zero-order valence-electron chi connectivity index (χ0n) is 45.7. The highest BCUT2D eigenvalue weighted by molar-refractivity contribution is 5.71. The summed E-state index contributed by atoms with van der Waals surface area (Å²) in [5.74, 6) is -0.981. The number of ether oxygens (including phenoxy) is 3. The van der Waals surface area contributed by atoms with Gasteiger partial charge in [-0.15, -0.1) is 0 Å². The SMILES string of the molecule is CC/C=C\C/C=C\C/C=C\C/C=C\C/C=C\C/C=C\C/C=C\C/C=C\CCCCC(=O)OCC(COC(=O)CCCCCCC/C=C\CCCC)OC(=O)CCCCCCC/C=C\C/C=C\CCCCC. The highest BCUT2D eigenvalue weighted by Crippen LogP contribution is 2.13. The molecule has 0 saturated carbocycles. The average molecular weight is 982 g/mol. The third-order valence-electron chi connectivity index (χ3n) is 11.6. The van der Waals surface area contributed by atoms with Crippen molar-refractivity contribution < 1.29 is 28.6 Å². The van der Waals surface area contributed by atoms with Crippen LogP contribution in [0.15, 0.2) is 134 Å². The molecule has 0 saturated heterocycles. The van der Waals surface area contributed by atoms with Crippen molar-refractivity contribution in [1.82, 2.24) is 0 Å². The third-order valence-corrected chi connectivity index (χ3v) is 11.6. The molecule has 0 radical (unpaired) electrons. The smallest absolute Gasteiger partial charge is 0.306 e. The normalized spacial score (nSPS) is 13.1. The number of carbonyl (C=O) groups excluding carboxylic acids is 3. The Labute approximate surface area is 436 Å². The van der Waals surface area contributed by atoms with Crippen LogP contribution in [0.25, 0.3) is 0 Å². The summed E-state index contributed by atoms with van der Waals surface area (Å²) in [6.07, 6.45) is 81.6. The molecule has 0 aliphatic carbocycles. The van der Waals surface area contributed by atoms with Crippen LogP contribution in [0, 0.1) is 0 Å². The monoisotopic (exact) mass is 981 g/mol. The highest BCUT2D eigenvalue weighted by Gasteiger charge is 2.19. The number of hydrogen-bond donors (Lipinski definition) is 0. The molecule has 0 bridgehead atoms. The van der Waals surface area contributed by atoms with Crippen LogP contribution in [0.1, 0.15) is 239 Å². The van der Waals surface area contributed by atoms with Gasteiger partial charge in [-0.25, -0.2) is 0 Å². The van der Waals surface area contributed by atoms with Crippen LogP contribution < -0.4 is 0 Å². The fourth-order valence-corrected chi connectivity index (χ4v) is 7.29. The summed E-state index contributed by atoms with van der Waals surface area (Å²) in [6.45, 7) is 6.39. The summed E-state index contributed by atoms with van der Waals surface area (Å²) >= 11 is 0. The minimum Gasteiger partial charge on any atom is -0.462 e. The number of hydrogen-bond acceptors (Lipinski definition) is 6. The standard InChI is InChI=1S/C65H104O6/c1-4-7-10-13-16-19-22-24-26-27-28-29-30-31-32-33-34-35-36-37-39-40-43-46-49-52-55-58-64(67)70-61-62(60-69-63(66)57-54-51-48-45-42-21-18-15-12-9-6-3)71-65(68)59-56-53-50-47-44-41-38-25-23-20-17-14-11-8-5-2/h7,10,15-20,24-26,28-29,31-32,34-35,37-39,43,46,62H,4-6,8-9,11-14,21-23,27,30,33,36,40-42,44-45,47-61H2,1-3H3/b10-7-,18-15-,19-16-,20-17-,26-24-,29-28-,32-31-,35-34-,38-25-,39-37-,46-43-. The Morgan fingerprint density at radius 2 is 0.563 bits per heavy atom. The Hall–Kier alpha value is -4.45. The van der Waals surface area contributed by atoms with Crippen molar-refractivity contribution >= 4 is 17.9 Å². The second-order valence-corrected chi connectivity index (χ2v) is 18.5. The number of carbonyl (C=O) groups is 3. The van der Waals surface area contributed by atoms with E-state index in [1.807, 2.05) is 0 Å². The van der Waals surface area contributed by atoms with Crippen molar-refractivity contribution in [3.05, 3.63) is 134 Å². The van der Waals surface area contributed by atoms with Crippen LogP contribution in [0.3, 0.4) is 0 Å². The Bertz CT molecular complexity index is 1550. The molecule has 1 unspecified atom stereocenters. The molecule has 6 heteroatoms. The first-order valence-electron chi connectivity index (χ1n) is 28.7. The van der Waals surface area contributed by atoms with Gasteiger partial charge in [0, 0.05) is 19.3 Å². The van der Waals surface area contributed by atoms with Gasteiger partial charge < -0.3 is 14.2 Å². The van der Waals surface area contributed by atoms with Crippen molar-refractivity contribution in [2.24, 2.45) is 0 Å². The zero-order valence-corrected chi connectivity index (χ0v) is 45.7. The van der Waals surface area contributed by atoms with E-state index in [-0.39, 0.29) is 31.1 Å². The number of unbranched alkanes of at least 4 members (excludes halogenated alkanes) is 17. The molecule has 71 heavy (non-hydrogen) atoms. The maximum atomic E-state index is 12.8. The minimum atomic E-state index is -0.811. The summed E-state index contributed by atoms with van der Waals surface area (Å²) in [6, 6.07) is 0. The van der Waals surface area contributed by atoms with E-state index >= 15 is 0 Å². The third kappa shape index (κ3) is 56.3. The molecule has 0 heterocycles. The maximum absolute atomic E-state index is 12.8. The Kier molecular flexibility index (Phi) is 54.5. The summed E-state index contributed by atoms with van der Waals surface area (Å²) in [4.78, 5) is 38.1. The number of allylic oxidation sites excluding steroid dienone is 22. The van der Waals surface area contributed by atoms with Gasteiger partial charge in [0.1, 0.15) is 13.2 Å². The van der Waals surface area contributed by atoms with Crippen LogP contribution in [0.2, 0.25) is 0 Å². The molecular weight excluding hydrogens is 877 g/mol. The van der Waals surface area contributed by atoms with Gasteiger partial charge in [-0.05, 0) is 135 Å². The summed E-state index contributed by atoms with van der Waals surface area (Å²) < 4.78 is 16.8. The van der Waals surface area contributed by atoms with Crippen LogP contribution in [-0.4, -0.2) is 37.2 Å². The van der Waals surface area contributed by atoms with Gasteiger partial charge in [-0.1, -0.05) is 219 Å². The largest absolute Gasteiger partial charge is 0.462 e. The molecule has 0 rings (SSSR count). The average Bonchev–Trinajstić information content (AvgIpc) is 3.37. The van der Waals surface area contributed by atoms with Gasteiger partial charge in [0.25, 0.3) is 0 Å². The minimum absolute atomic E-state index is 0.106. The molecule has 0 aliphatic heterocycles. The zero-order chi connectivity index (χ0) is 51.4. The molecule has 1 atom stereocenters. The summed E-state index contributed by atoms with van der Waals surface area (Å²) in [5, 5.41) is 0. The van der Waals surface area contributed by atoms with Crippen molar-refractivity contribution in [2.75, 3.05) is 13.2 Å². The van der Waals surface area contributed by atoms with E-state index < -0.39 is 6.10 Å². The predicted molar refractivity (Wildman–Crippen MR) is 306 cm³/mol. The summed E-state index contributed by atoms with van der Waals surface area (Å²) in [5.41, 5.74) is 0. The van der Waals surface area contributed by atoms with Crippen LogP contribution in [0.5, 0.6) is 0 Å². The van der Waals surface area contributed by atoms with E-state index in [1.165, 1.54) is 51.4 Å². The molecule has 6 nitrogen and oxygen atoms in total. The van der Waals surface area contributed by atoms with Crippen molar-refractivity contribution in [3.8, 4) is 0 Å². The van der Waals surface area contributed by atoms with Gasteiger partial charge in [0.15, 0.2) is 6.10 Å². The van der Waals surface area contributed by atoms with Gasteiger partial charge in [0.2, 0.25) is 0 Å². The second kappa shape index (κ2) is 58.1. The lowest BCUT2D eigenvalue weighted by atomic mass is 10.1. The van der Waals surface area contributed by atoms with Crippen molar-refractivity contribution in [2.45, 2.75) is 245 Å². The lowest BCUT2D eigenvalue weighted by molar-refractivity contribution is -0.167. The van der Waals surface area contributed by atoms with Crippen LogP contribution in [-0.2, 0) is 28.6 Å². The first-order valence-corrected chi connectivity index (χ1v) is 28.7. The molecule has 0 N–H and O–H groups in total. The van der Waals surface area contributed by atoms with E-state index in [2.05, 4.69) is 154 Å². The van der Waals surface area contributed by atoms with E-state index in [4.69, 9.17) is 14.2 Å². The Balaban J connectivity index is 4.43. The number of rotatable bonds is 50. The van der Waals surface area contributed by atoms with Crippen molar-refractivity contribution in [3.63, 3.8) is 0 Å². The lowest BCUT2D eigenvalue weighted by Crippen LogP contribution is -2.30. The quantitative estimate of drug-likeness (QED) is 0.0262. The fourth-order valence-electron chi connectivity index (χ4n) is 7.29. The van der Waals surface area contributed by atoms with E-state index in [0.717, 1.165) is 141 Å². The van der Waals surface area contributed by atoms with Crippen molar-refractivity contribution in [1.29, 1.82) is 0 Å². The maximum Gasteiger partial charge on any atom is 0.306 e. The molecule has 0 aromatic carbocycles. The first-order chi connectivity index (χ1) is 35.0. The Morgan fingerprint density at radius 1 is 0.296 bits per heavy atom. The van der Waals surface area contributed by atoms with E-state index in [9.17, 15) is 14.4 Å². The molecule has 0 amide bonds. The molecule has 0 aromatic rings. The van der Waals surface area contributed by atoms with Gasteiger partial charge >= 0.3 is 17.9 Å². The predicted octanol–water partition coefficient (Wildman–Crippen LogP) is 19.4. The number of esters is 3. The van der Waals surface area contributed by atoms with Crippen LogP contribution in [0.4, 0.5) is 0 Å².